The summed E-state index contributed by atoms with van der Waals surface area (Å²) in [6, 6.07) is 13.1. The molecular weight excluding hydrogens is 352 g/mol. The van der Waals surface area contributed by atoms with E-state index in [0.717, 1.165) is 3.79 Å². The lowest BCUT2D eigenvalue weighted by atomic mass is 10.2. The number of aliphatic hydroxyl groups excluding tert-OH is 1. The van der Waals surface area contributed by atoms with Crippen LogP contribution in [0.1, 0.15) is 10.4 Å². The van der Waals surface area contributed by atoms with Crippen LogP contribution in [-0.4, -0.2) is 24.4 Å². The number of ether oxygens (including phenoxy) is 1. The zero-order chi connectivity index (χ0) is 15.1. The third kappa shape index (κ3) is 5.14. The van der Waals surface area contributed by atoms with Crippen molar-refractivity contribution in [1.29, 1.82) is 5.26 Å². The summed E-state index contributed by atoms with van der Waals surface area (Å²) in [5, 5.41) is 22.0. The summed E-state index contributed by atoms with van der Waals surface area (Å²) >= 11 is 5.07. The molecule has 4 nitrogen and oxygen atoms in total. The van der Waals surface area contributed by atoms with Crippen LogP contribution in [0.5, 0.6) is 5.75 Å². The molecule has 2 aromatic rings. The third-order valence-electron chi connectivity index (χ3n) is 2.75. The fourth-order valence-electron chi connectivity index (χ4n) is 1.74. The highest BCUT2D eigenvalue weighted by atomic mass is 79.9. The molecule has 2 N–H and O–H groups in total. The molecule has 2 rings (SSSR count). The minimum atomic E-state index is -0.625. The number of benzene rings is 1. The molecule has 0 aliphatic rings. The minimum Gasteiger partial charge on any atom is -0.489 e. The van der Waals surface area contributed by atoms with Gasteiger partial charge in [0.15, 0.2) is 0 Å². The highest BCUT2D eigenvalue weighted by Gasteiger charge is 2.08. The van der Waals surface area contributed by atoms with E-state index < -0.39 is 6.10 Å². The molecule has 1 aromatic heterocycles. The van der Waals surface area contributed by atoms with Crippen molar-refractivity contribution >= 4 is 27.3 Å². The first kappa shape index (κ1) is 16.0. The molecule has 0 amide bonds. The second kappa shape index (κ2) is 8.15. The predicted octanol–water partition coefficient (Wildman–Crippen LogP) is 2.91. The average Bonchev–Trinajstić information content (AvgIpc) is 2.91. The van der Waals surface area contributed by atoms with E-state index in [1.54, 1.807) is 35.6 Å². The Morgan fingerprint density at radius 1 is 1.33 bits per heavy atom. The second-order valence-corrected chi connectivity index (χ2v) is 6.96. The summed E-state index contributed by atoms with van der Waals surface area (Å²) in [6.07, 6.45) is -0.625. The van der Waals surface area contributed by atoms with Crippen molar-refractivity contribution in [3.8, 4) is 11.8 Å². The van der Waals surface area contributed by atoms with E-state index in [2.05, 4.69) is 27.3 Å². The smallest absolute Gasteiger partial charge is 0.137 e. The Labute approximate surface area is 136 Å². The van der Waals surface area contributed by atoms with Crippen molar-refractivity contribution < 1.29 is 9.84 Å². The van der Waals surface area contributed by atoms with Gasteiger partial charge in [0, 0.05) is 18.0 Å². The predicted molar refractivity (Wildman–Crippen MR) is 86.4 cm³/mol. The first-order chi connectivity index (χ1) is 10.2. The van der Waals surface area contributed by atoms with Crippen LogP contribution in [0.3, 0.4) is 0 Å². The van der Waals surface area contributed by atoms with Crippen molar-refractivity contribution in [2.45, 2.75) is 12.6 Å². The van der Waals surface area contributed by atoms with Crippen LogP contribution in [0.25, 0.3) is 0 Å². The zero-order valence-corrected chi connectivity index (χ0v) is 13.7. The summed E-state index contributed by atoms with van der Waals surface area (Å²) in [7, 11) is 0. The summed E-state index contributed by atoms with van der Waals surface area (Å²) < 4.78 is 6.57. The average molecular weight is 367 g/mol. The van der Waals surface area contributed by atoms with Crippen molar-refractivity contribution in [2.24, 2.45) is 0 Å². The normalized spacial score (nSPS) is 11.9. The van der Waals surface area contributed by atoms with Crippen LogP contribution in [0.15, 0.2) is 40.2 Å². The Balaban J connectivity index is 1.72. The molecule has 1 aromatic carbocycles. The van der Waals surface area contributed by atoms with Gasteiger partial charge in [0.05, 0.1) is 9.35 Å². The fraction of sp³-hybridized carbons (Fsp3) is 0.267. The van der Waals surface area contributed by atoms with Crippen LogP contribution in [0, 0.1) is 11.3 Å². The molecule has 0 aliphatic carbocycles. The molecule has 110 valence electrons. The molecule has 0 aliphatic heterocycles. The highest BCUT2D eigenvalue weighted by molar-refractivity contribution is 9.11. The number of nitrogens with one attached hydrogen (secondary N) is 1. The minimum absolute atomic E-state index is 0.153. The Kier molecular flexibility index (Phi) is 6.21. The Morgan fingerprint density at radius 3 is 2.86 bits per heavy atom. The Hall–Kier alpha value is -1.39. The maximum absolute atomic E-state index is 9.88. The van der Waals surface area contributed by atoms with Gasteiger partial charge in [0.2, 0.25) is 0 Å². The number of hydrogen-bond acceptors (Lipinski definition) is 5. The zero-order valence-electron chi connectivity index (χ0n) is 11.3. The van der Waals surface area contributed by atoms with Gasteiger partial charge in [-0.2, -0.15) is 5.26 Å². The quantitative estimate of drug-likeness (QED) is 0.790. The van der Waals surface area contributed by atoms with E-state index >= 15 is 0 Å². The van der Waals surface area contributed by atoms with Crippen LogP contribution in [0.4, 0.5) is 0 Å². The van der Waals surface area contributed by atoms with Gasteiger partial charge in [-0.05, 0) is 40.2 Å². The van der Waals surface area contributed by atoms with E-state index in [0.29, 0.717) is 24.4 Å². The molecular formula is C15H15BrN2O2S. The third-order valence-corrected chi connectivity index (χ3v) is 4.37. The summed E-state index contributed by atoms with van der Waals surface area (Å²) in [6.45, 7) is 1.30. The molecule has 0 saturated heterocycles. The summed E-state index contributed by atoms with van der Waals surface area (Å²) in [5.41, 5.74) is 0.473. The van der Waals surface area contributed by atoms with Crippen molar-refractivity contribution in [1.82, 2.24) is 5.32 Å². The van der Waals surface area contributed by atoms with E-state index in [1.165, 1.54) is 4.88 Å². The van der Waals surface area contributed by atoms with E-state index in [-0.39, 0.29) is 6.61 Å². The number of para-hydroxylation sites is 1. The summed E-state index contributed by atoms with van der Waals surface area (Å²) in [4.78, 5) is 1.20. The Morgan fingerprint density at radius 2 is 2.14 bits per heavy atom. The van der Waals surface area contributed by atoms with Gasteiger partial charge in [-0.25, -0.2) is 0 Å². The van der Waals surface area contributed by atoms with E-state index in [9.17, 15) is 5.11 Å². The van der Waals surface area contributed by atoms with Gasteiger partial charge < -0.3 is 15.2 Å². The van der Waals surface area contributed by atoms with E-state index in [4.69, 9.17) is 10.00 Å². The molecule has 1 unspecified atom stereocenters. The number of rotatable bonds is 7. The van der Waals surface area contributed by atoms with Gasteiger partial charge in [-0.3, -0.25) is 0 Å². The topological polar surface area (TPSA) is 65.3 Å². The number of aliphatic hydroxyl groups is 1. The first-order valence-corrected chi connectivity index (χ1v) is 8.05. The van der Waals surface area contributed by atoms with Crippen LogP contribution in [0.2, 0.25) is 0 Å². The second-order valence-electron chi connectivity index (χ2n) is 4.41. The largest absolute Gasteiger partial charge is 0.489 e. The highest BCUT2D eigenvalue weighted by Crippen LogP contribution is 2.21. The van der Waals surface area contributed by atoms with Crippen LogP contribution in [-0.2, 0) is 6.54 Å². The molecule has 0 bridgehead atoms. The monoisotopic (exact) mass is 366 g/mol. The lowest BCUT2D eigenvalue weighted by Crippen LogP contribution is -2.31. The first-order valence-electron chi connectivity index (χ1n) is 6.44. The fourth-order valence-corrected chi connectivity index (χ4v) is 3.19. The lowest BCUT2D eigenvalue weighted by Gasteiger charge is -2.13. The van der Waals surface area contributed by atoms with Crippen molar-refractivity contribution in [3.63, 3.8) is 0 Å². The lowest BCUT2D eigenvalue weighted by molar-refractivity contribution is 0.106. The van der Waals surface area contributed by atoms with Crippen molar-refractivity contribution in [3.05, 3.63) is 50.6 Å². The molecule has 0 spiro atoms. The maximum atomic E-state index is 9.88. The van der Waals surface area contributed by atoms with Crippen LogP contribution < -0.4 is 10.1 Å². The van der Waals surface area contributed by atoms with Crippen LogP contribution >= 0.6 is 27.3 Å². The van der Waals surface area contributed by atoms with Gasteiger partial charge in [-0.1, -0.05) is 12.1 Å². The molecule has 0 saturated carbocycles. The molecule has 21 heavy (non-hydrogen) atoms. The van der Waals surface area contributed by atoms with Gasteiger partial charge >= 0.3 is 0 Å². The van der Waals surface area contributed by atoms with Crippen molar-refractivity contribution in [2.75, 3.05) is 13.2 Å². The van der Waals surface area contributed by atoms with Gasteiger partial charge in [-0.15, -0.1) is 11.3 Å². The molecule has 0 radical (unpaired) electrons. The number of nitriles is 1. The molecule has 0 fully saturated rings. The van der Waals surface area contributed by atoms with E-state index in [1.807, 2.05) is 12.1 Å². The maximum Gasteiger partial charge on any atom is 0.137 e. The molecule has 1 atom stereocenters. The number of halogens is 1. The number of thiophene rings is 1. The molecule has 6 heteroatoms. The number of hydrogen-bond donors (Lipinski definition) is 2. The SMILES string of the molecule is N#Cc1ccccc1OCC(O)CNCc1ccc(Br)s1. The standard InChI is InChI=1S/C15H15BrN2O2S/c16-15-6-5-13(21-15)9-18-8-12(19)10-20-14-4-2-1-3-11(14)7-17/h1-6,12,18-19H,8-10H2. The van der Waals surface area contributed by atoms with Gasteiger partial charge in [0.1, 0.15) is 24.5 Å². The number of nitrogens with zero attached hydrogens (tertiary/aromatic N) is 1. The van der Waals surface area contributed by atoms with Gasteiger partial charge in [0.25, 0.3) is 0 Å². The Bertz CT molecular complexity index is 624. The summed E-state index contributed by atoms with van der Waals surface area (Å²) in [5.74, 6) is 0.501. The molecule has 1 heterocycles.